The standard InChI is InChI=1S/C50H66N14O7/c51-23-10-9-20-38(45(52)67)60-44(66)30-58-46(68)41(26-34-28-57-37-19-8-7-18-36(34)37)64-47(69)39(21-12-24-56-50(53)54)62-48(70)40(25-33-15-5-2-6-16-33)63-49(71)42(27-35-29-55-31-59-35)61-43(65)22-11-17-32-13-3-1-4-14-32/h1-8,13-16,18-19,28-29,31,38-42,57H,9-12,17,20-27,30,51H2,(H2,52,67)(H,55,59)(H,58,68)(H,60,66)(H,61,65)(H,62,70)(H,63,71)(H,64,69)(H4,53,54,56)/t38-,39-,40+,41-,42-/m0/s1. The number of benzene rings is 3. The maximum atomic E-state index is 14.6. The van der Waals surface area contributed by atoms with Gasteiger partial charge in [0.25, 0.3) is 0 Å². The van der Waals surface area contributed by atoms with E-state index in [1.54, 1.807) is 36.5 Å². The molecule has 378 valence electrons. The normalized spacial score (nSPS) is 13.1. The summed E-state index contributed by atoms with van der Waals surface area (Å²) in [4.78, 5) is 110. The third-order valence-electron chi connectivity index (χ3n) is 11.6. The summed E-state index contributed by atoms with van der Waals surface area (Å²) in [5.41, 5.74) is 26.0. The Balaban J connectivity index is 1.37. The summed E-state index contributed by atoms with van der Waals surface area (Å²) in [7, 11) is 0. The van der Waals surface area contributed by atoms with E-state index in [4.69, 9.17) is 22.9 Å². The van der Waals surface area contributed by atoms with E-state index in [0.29, 0.717) is 49.0 Å². The minimum Gasteiger partial charge on any atom is -0.370 e. The van der Waals surface area contributed by atoms with Gasteiger partial charge >= 0.3 is 0 Å². The van der Waals surface area contributed by atoms with Crippen molar-refractivity contribution in [1.29, 1.82) is 0 Å². The van der Waals surface area contributed by atoms with Gasteiger partial charge < -0.3 is 64.8 Å². The molecule has 16 N–H and O–H groups in total. The number of nitrogens with one attached hydrogen (secondary N) is 8. The van der Waals surface area contributed by atoms with E-state index in [1.165, 1.54) is 12.5 Å². The molecule has 0 spiro atoms. The van der Waals surface area contributed by atoms with E-state index < -0.39 is 72.2 Å². The van der Waals surface area contributed by atoms with Crippen LogP contribution in [0.15, 0.2) is 109 Å². The Labute approximate surface area is 411 Å². The molecule has 0 saturated heterocycles. The molecule has 5 rings (SSSR count). The predicted molar refractivity (Wildman–Crippen MR) is 268 cm³/mol. The third kappa shape index (κ3) is 18.4. The minimum absolute atomic E-state index is 0.000158. The molecule has 0 aliphatic carbocycles. The number of aromatic amines is 2. The molecular weight excluding hydrogens is 909 g/mol. The number of aliphatic imine (C=N–C) groups is 1. The number of primary amides is 1. The van der Waals surface area contributed by atoms with Crippen LogP contribution in [0.5, 0.6) is 0 Å². The van der Waals surface area contributed by atoms with E-state index in [9.17, 15) is 33.6 Å². The first-order valence-corrected chi connectivity index (χ1v) is 23.7. The molecular formula is C50H66N14O7. The molecule has 0 bridgehead atoms. The van der Waals surface area contributed by atoms with Crippen LogP contribution in [-0.2, 0) is 59.2 Å². The van der Waals surface area contributed by atoms with Gasteiger partial charge in [0.15, 0.2) is 5.96 Å². The molecule has 0 fully saturated rings. The summed E-state index contributed by atoms with van der Waals surface area (Å²) in [5, 5.41) is 17.2. The number of carbonyl (C=O) groups excluding carboxylic acids is 7. The number of unbranched alkanes of at least 4 members (excludes halogenated alkanes) is 1. The molecule has 2 heterocycles. The first-order chi connectivity index (χ1) is 34.3. The van der Waals surface area contributed by atoms with Gasteiger partial charge in [0.1, 0.15) is 30.2 Å². The SMILES string of the molecule is NCCCC[C@H](NC(=O)CNC(=O)[C@H](Cc1c[nH]c2ccccc12)NC(=O)[C@H](CCCN=C(N)N)NC(=O)[C@@H](Cc1ccccc1)NC(=O)[C@H](Cc1cnc[nH]1)NC(=O)CCCc1ccccc1)C(N)=O. The number of carbonyl (C=O) groups is 7. The largest absolute Gasteiger partial charge is 0.370 e. The van der Waals surface area contributed by atoms with Crippen molar-refractivity contribution < 1.29 is 33.6 Å². The fourth-order valence-electron chi connectivity index (χ4n) is 7.88. The number of aromatic nitrogens is 3. The molecule has 71 heavy (non-hydrogen) atoms. The lowest BCUT2D eigenvalue weighted by atomic mass is 10.0. The number of rotatable bonds is 30. The third-order valence-corrected chi connectivity index (χ3v) is 11.6. The lowest BCUT2D eigenvalue weighted by molar-refractivity contribution is -0.135. The molecule has 7 amide bonds. The highest BCUT2D eigenvalue weighted by Gasteiger charge is 2.32. The zero-order valence-electron chi connectivity index (χ0n) is 39.7. The van der Waals surface area contributed by atoms with Crippen molar-refractivity contribution in [1.82, 2.24) is 46.9 Å². The lowest BCUT2D eigenvalue weighted by Crippen LogP contribution is -2.59. The second-order valence-corrected chi connectivity index (χ2v) is 17.2. The summed E-state index contributed by atoms with van der Waals surface area (Å²) < 4.78 is 0. The fourth-order valence-corrected chi connectivity index (χ4v) is 7.88. The molecule has 0 aliphatic rings. The highest BCUT2D eigenvalue weighted by atomic mass is 16.2. The molecule has 21 nitrogen and oxygen atoms in total. The topological polar surface area (TPSA) is 353 Å². The Kier molecular flexibility index (Phi) is 21.6. The monoisotopic (exact) mass is 975 g/mol. The van der Waals surface area contributed by atoms with Crippen molar-refractivity contribution in [2.75, 3.05) is 19.6 Å². The zero-order chi connectivity index (χ0) is 51.0. The Morgan fingerprint density at radius 2 is 1.20 bits per heavy atom. The number of hydrogen-bond acceptors (Lipinski definition) is 10. The second-order valence-electron chi connectivity index (χ2n) is 17.2. The molecule has 5 aromatic rings. The zero-order valence-corrected chi connectivity index (χ0v) is 39.7. The Morgan fingerprint density at radius 1 is 0.592 bits per heavy atom. The van der Waals surface area contributed by atoms with E-state index >= 15 is 0 Å². The van der Waals surface area contributed by atoms with Gasteiger partial charge in [-0.25, -0.2) is 4.98 Å². The van der Waals surface area contributed by atoms with Crippen LogP contribution in [0.4, 0.5) is 0 Å². The minimum atomic E-state index is -1.30. The quantitative estimate of drug-likeness (QED) is 0.0167. The van der Waals surface area contributed by atoms with Crippen LogP contribution in [0.3, 0.4) is 0 Å². The summed E-state index contributed by atoms with van der Waals surface area (Å²) in [5.74, 6) is -4.84. The van der Waals surface area contributed by atoms with E-state index in [-0.39, 0.29) is 63.4 Å². The van der Waals surface area contributed by atoms with Crippen LogP contribution in [0.1, 0.15) is 67.3 Å². The second kappa shape index (κ2) is 28.4. The number of hydrogen-bond donors (Lipinski definition) is 12. The Bertz CT molecular complexity index is 2530. The van der Waals surface area contributed by atoms with Gasteiger partial charge in [-0.05, 0) is 74.2 Å². The van der Waals surface area contributed by atoms with E-state index in [0.717, 1.165) is 16.5 Å². The number of H-pyrrole nitrogens is 2. The van der Waals surface area contributed by atoms with Gasteiger partial charge in [-0.3, -0.25) is 38.6 Å². The first kappa shape index (κ1) is 53.9. The number of imidazole rings is 1. The van der Waals surface area contributed by atoms with Crippen LogP contribution in [0.2, 0.25) is 0 Å². The average Bonchev–Trinajstić information content (AvgIpc) is 4.03. The average molecular weight is 975 g/mol. The maximum absolute atomic E-state index is 14.6. The number of nitrogens with two attached hydrogens (primary N) is 4. The van der Waals surface area contributed by atoms with Crippen molar-refractivity contribution in [2.45, 2.75) is 101 Å². The molecule has 3 aromatic carbocycles. The molecule has 0 radical (unpaired) electrons. The van der Waals surface area contributed by atoms with Crippen molar-refractivity contribution in [2.24, 2.45) is 27.9 Å². The van der Waals surface area contributed by atoms with Crippen molar-refractivity contribution in [3.63, 3.8) is 0 Å². The van der Waals surface area contributed by atoms with Gasteiger partial charge in [0, 0.05) is 61.2 Å². The molecule has 21 heteroatoms. The number of guanidine groups is 1. The number of aryl methyl sites for hydroxylation is 1. The lowest BCUT2D eigenvalue weighted by Gasteiger charge is -2.27. The predicted octanol–water partition coefficient (Wildman–Crippen LogP) is 0.150. The van der Waals surface area contributed by atoms with Gasteiger partial charge in [-0.2, -0.15) is 0 Å². The summed E-state index contributed by atoms with van der Waals surface area (Å²) in [6.45, 7) is -0.0517. The molecule has 2 aromatic heterocycles. The van der Waals surface area contributed by atoms with Gasteiger partial charge in [0.2, 0.25) is 41.4 Å². The van der Waals surface area contributed by atoms with Gasteiger partial charge in [0.05, 0.1) is 12.9 Å². The van der Waals surface area contributed by atoms with Gasteiger partial charge in [-0.15, -0.1) is 0 Å². The van der Waals surface area contributed by atoms with Crippen LogP contribution in [-0.4, -0.2) is 112 Å². The summed E-state index contributed by atoms with van der Waals surface area (Å²) >= 11 is 0. The number of amides is 7. The molecule has 5 atom stereocenters. The highest BCUT2D eigenvalue weighted by Crippen LogP contribution is 2.20. The fraction of sp³-hybridized carbons (Fsp3) is 0.380. The number of fused-ring (bicyclic) bond motifs is 1. The highest BCUT2D eigenvalue weighted by molar-refractivity contribution is 5.97. The van der Waals surface area contributed by atoms with Crippen molar-refractivity contribution >= 4 is 58.2 Å². The van der Waals surface area contributed by atoms with Crippen LogP contribution >= 0.6 is 0 Å². The summed E-state index contributed by atoms with van der Waals surface area (Å²) in [6, 6.07) is 20.1. The van der Waals surface area contributed by atoms with E-state index in [1.807, 2.05) is 54.6 Å². The van der Waals surface area contributed by atoms with Crippen molar-refractivity contribution in [3.8, 4) is 0 Å². The number of nitrogens with zero attached hydrogens (tertiary/aromatic N) is 2. The molecule has 0 unspecified atom stereocenters. The number of para-hydroxylation sites is 1. The Hall–Kier alpha value is -8.07. The van der Waals surface area contributed by atoms with Crippen LogP contribution < -0.4 is 54.8 Å². The summed E-state index contributed by atoms with van der Waals surface area (Å²) in [6.07, 6.45) is 7.65. The molecule has 0 saturated carbocycles. The smallest absolute Gasteiger partial charge is 0.243 e. The van der Waals surface area contributed by atoms with Gasteiger partial charge in [-0.1, -0.05) is 78.9 Å². The Morgan fingerprint density at radius 3 is 1.86 bits per heavy atom. The van der Waals surface area contributed by atoms with Crippen LogP contribution in [0, 0.1) is 0 Å². The van der Waals surface area contributed by atoms with Crippen LogP contribution in [0.25, 0.3) is 10.9 Å². The first-order valence-electron chi connectivity index (χ1n) is 23.7. The van der Waals surface area contributed by atoms with Crippen molar-refractivity contribution in [3.05, 3.63) is 126 Å². The molecule has 0 aliphatic heterocycles. The maximum Gasteiger partial charge on any atom is 0.243 e. The van der Waals surface area contributed by atoms with E-state index in [2.05, 4.69) is 51.8 Å².